The lowest BCUT2D eigenvalue weighted by Crippen LogP contribution is -2.37. The normalized spacial score (nSPS) is 11.6. The molecule has 1 heterocycles. The van der Waals surface area contributed by atoms with Crippen LogP contribution >= 0.6 is 0 Å². The molecule has 6 nitrogen and oxygen atoms in total. The van der Waals surface area contributed by atoms with Gasteiger partial charge in [-0.1, -0.05) is 43.3 Å². The van der Waals surface area contributed by atoms with E-state index < -0.39 is 5.97 Å². The Morgan fingerprint density at radius 2 is 1.74 bits per heavy atom. The Balaban J connectivity index is 1.69. The van der Waals surface area contributed by atoms with Gasteiger partial charge >= 0.3 is 5.97 Å². The topological polar surface area (TPSA) is 79.7 Å². The summed E-state index contributed by atoms with van der Waals surface area (Å²) in [5.74, 6) is -0.0166. The third kappa shape index (κ3) is 7.67. The van der Waals surface area contributed by atoms with Gasteiger partial charge in [0.2, 0.25) is 0 Å². The summed E-state index contributed by atoms with van der Waals surface area (Å²) in [4.78, 5) is 30.2. The molecule has 0 aliphatic rings. The van der Waals surface area contributed by atoms with Gasteiger partial charge in [-0.15, -0.1) is 0 Å². The molecule has 1 amide bonds. The number of hydrogen-bond donors (Lipinski definition) is 1. The lowest BCUT2D eigenvalue weighted by atomic mass is 10.0. The van der Waals surface area contributed by atoms with Crippen LogP contribution in [-0.4, -0.2) is 39.5 Å². The van der Waals surface area contributed by atoms with Crippen molar-refractivity contribution in [2.24, 2.45) is 0 Å². The van der Waals surface area contributed by atoms with Crippen molar-refractivity contribution in [2.45, 2.75) is 58.5 Å². The highest BCUT2D eigenvalue weighted by Crippen LogP contribution is 2.24. The average molecular weight is 475 g/mol. The summed E-state index contributed by atoms with van der Waals surface area (Å²) < 4.78 is 6.02. The van der Waals surface area contributed by atoms with E-state index in [9.17, 15) is 9.59 Å². The van der Waals surface area contributed by atoms with Crippen LogP contribution in [0.2, 0.25) is 0 Å². The monoisotopic (exact) mass is 474 g/mol. The van der Waals surface area contributed by atoms with Gasteiger partial charge in [0.15, 0.2) is 0 Å². The Morgan fingerprint density at radius 1 is 0.971 bits per heavy atom. The minimum atomic E-state index is -0.766. The summed E-state index contributed by atoms with van der Waals surface area (Å²) in [7, 11) is 0. The lowest BCUT2D eigenvalue weighted by molar-refractivity contribution is -0.137. The van der Waals surface area contributed by atoms with Gasteiger partial charge < -0.3 is 14.7 Å². The van der Waals surface area contributed by atoms with Crippen molar-refractivity contribution >= 4 is 11.9 Å². The third-order valence-corrected chi connectivity index (χ3v) is 6.12. The number of carboxylic acid groups (broad SMARTS) is 1. The van der Waals surface area contributed by atoms with Crippen LogP contribution in [-0.2, 0) is 11.3 Å². The molecule has 0 radical (unpaired) electrons. The van der Waals surface area contributed by atoms with Crippen LogP contribution < -0.4 is 4.74 Å². The molecule has 1 unspecified atom stereocenters. The molecule has 0 fully saturated rings. The second-order valence-electron chi connectivity index (χ2n) is 8.67. The summed E-state index contributed by atoms with van der Waals surface area (Å²) in [5, 5.41) is 8.76. The Kier molecular flexibility index (Phi) is 9.84. The molecule has 1 atom stereocenters. The maximum Gasteiger partial charge on any atom is 0.303 e. The first-order valence-corrected chi connectivity index (χ1v) is 12.2. The SMILES string of the molecule is CCC(C)N(Cc1ccccc1OCCCCCC(=O)O)C(=O)c1ccc(-c2cccnc2)cc1. The van der Waals surface area contributed by atoms with Gasteiger partial charge in [0.05, 0.1) is 6.61 Å². The van der Waals surface area contributed by atoms with Gasteiger partial charge in [-0.05, 0) is 68.0 Å². The maximum atomic E-state index is 13.5. The van der Waals surface area contributed by atoms with Gasteiger partial charge in [0.1, 0.15) is 5.75 Å². The van der Waals surface area contributed by atoms with Crippen LogP contribution in [0, 0.1) is 0 Å². The van der Waals surface area contributed by atoms with Crippen molar-refractivity contribution in [1.29, 1.82) is 0 Å². The number of para-hydroxylation sites is 1. The van der Waals surface area contributed by atoms with Crippen LogP contribution in [0.1, 0.15) is 61.9 Å². The van der Waals surface area contributed by atoms with E-state index >= 15 is 0 Å². The Bertz CT molecular complexity index is 1080. The zero-order valence-corrected chi connectivity index (χ0v) is 20.5. The van der Waals surface area contributed by atoms with Crippen molar-refractivity contribution in [3.63, 3.8) is 0 Å². The quantitative estimate of drug-likeness (QED) is 0.298. The first-order valence-electron chi connectivity index (χ1n) is 12.2. The highest BCUT2D eigenvalue weighted by Gasteiger charge is 2.22. The van der Waals surface area contributed by atoms with Gasteiger partial charge in [-0.3, -0.25) is 14.6 Å². The van der Waals surface area contributed by atoms with E-state index in [2.05, 4.69) is 18.8 Å². The fourth-order valence-corrected chi connectivity index (χ4v) is 3.85. The van der Waals surface area contributed by atoms with E-state index in [1.807, 2.05) is 71.8 Å². The van der Waals surface area contributed by atoms with Crippen molar-refractivity contribution in [2.75, 3.05) is 6.61 Å². The van der Waals surface area contributed by atoms with Gasteiger partial charge in [-0.2, -0.15) is 0 Å². The van der Waals surface area contributed by atoms with E-state index in [0.29, 0.717) is 25.1 Å². The van der Waals surface area contributed by atoms with Crippen LogP contribution in [0.5, 0.6) is 5.75 Å². The Morgan fingerprint density at radius 3 is 2.43 bits per heavy atom. The van der Waals surface area contributed by atoms with Gasteiger partial charge in [0, 0.05) is 42.5 Å². The van der Waals surface area contributed by atoms with Gasteiger partial charge in [-0.25, -0.2) is 0 Å². The number of amides is 1. The number of rotatable bonds is 13. The molecule has 3 rings (SSSR count). The minimum Gasteiger partial charge on any atom is -0.493 e. The Hall–Kier alpha value is -3.67. The fourth-order valence-electron chi connectivity index (χ4n) is 3.85. The number of ether oxygens (including phenoxy) is 1. The second-order valence-corrected chi connectivity index (χ2v) is 8.67. The average Bonchev–Trinajstić information content (AvgIpc) is 2.89. The number of benzene rings is 2. The molecule has 2 aromatic carbocycles. The predicted octanol–water partition coefficient (Wildman–Crippen LogP) is 6.21. The Labute approximate surface area is 207 Å². The number of carboxylic acids is 1. The van der Waals surface area contributed by atoms with Crippen LogP contribution in [0.25, 0.3) is 11.1 Å². The smallest absolute Gasteiger partial charge is 0.303 e. The summed E-state index contributed by atoms with van der Waals surface area (Å²) in [6.07, 6.45) is 6.83. The maximum absolute atomic E-state index is 13.5. The largest absolute Gasteiger partial charge is 0.493 e. The number of hydrogen-bond acceptors (Lipinski definition) is 4. The molecule has 0 saturated carbocycles. The molecule has 1 N–H and O–H groups in total. The first kappa shape index (κ1) is 25.9. The van der Waals surface area contributed by atoms with E-state index in [1.165, 1.54) is 0 Å². The van der Waals surface area contributed by atoms with E-state index in [-0.39, 0.29) is 18.4 Å². The lowest BCUT2D eigenvalue weighted by Gasteiger charge is -2.29. The minimum absolute atomic E-state index is 0.0134. The zero-order chi connectivity index (χ0) is 25.0. The van der Waals surface area contributed by atoms with Crippen molar-refractivity contribution < 1.29 is 19.4 Å². The number of nitrogens with zero attached hydrogens (tertiary/aromatic N) is 2. The van der Waals surface area contributed by atoms with Crippen LogP contribution in [0.4, 0.5) is 0 Å². The number of pyridine rings is 1. The van der Waals surface area contributed by atoms with E-state index in [4.69, 9.17) is 9.84 Å². The van der Waals surface area contributed by atoms with Crippen molar-refractivity contribution in [3.05, 3.63) is 84.2 Å². The summed E-state index contributed by atoms with van der Waals surface area (Å²) in [5.41, 5.74) is 3.64. The van der Waals surface area contributed by atoms with Crippen LogP contribution in [0.15, 0.2) is 73.1 Å². The summed E-state index contributed by atoms with van der Waals surface area (Å²) in [6, 6.07) is 19.4. The molecule has 3 aromatic rings. The number of carbonyl (C=O) groups excluding carboxylic acids is 1. The van der Waals surface area contributed by atoms with E-state index in [0.717, 1.165) is 41.7 Å². The molecule has 6 heteroatoms. The zero-order valence-electron chi connectivity index (χ0n) is 20.5. The molecule has 0 saturated heterocycles. The molecule has 0 aliphatic carbocycles. The molecule has 0 spiro atoms. The number of aromatic nitrogens is 1. The molecule has 0 aliphatic heterocycles. The highest BCUT2D eigenvalue weighted by molar-refractivity contribution is 5.95. The standard InChI is InChI=1S/C29H34N2O4/c1-3-22(2)31(29(34)24-16-14-23(15-17-24)25-11-9-18-30-20-25)21-26-10-6-7-12-27(26)35-19-8-4-5-13-28(32)33/h6-7,9-12,14-18,20,22H,3-5,8,13,19,21H2,1-2H3,(H,32,33). The predicted molar refractivity (Wildman–Crippen MR) is 137 cm³/mol. The number of aliphatic carboxylic acids is 1. The number of unbranched alkanes of at least 4 members (excludes halogenated alkanes) is 2. The number of carbonyl (C=O) groups is 2. The molecule has 0 bridgehead atoms. The highest BCUT2D eigenvalue weighted by atomic mass is 16.5. The second kappa shape index (κ2) is 13.3. The fraction of sp³-hybridized carbons (Fsp3) is 0.345. The summed E-state index contributed by atoms with van der Waals surface area (Å²) in [6.45, 7) is 5.11. The molecule has 1 aromatic heterocycles. The first-order chi connectivity index (χ1) is 17.0. The van der Waals surface area contributed by atoms with E-state index in [1.54, 1.807) is 6.20 Å². The van der Waals surface area contributed by atoms with Crippen molar-refractivity contribution in [3.8, 4) is 16.9 Å². The molecule has 184 valence electrons. The summed E-state index contributed by atoms with van der Waals surface area (Å²) >= 11 is 0. The third-order valence-electron chi connectivity index (χ3n) is 6.12. The van der Waals surface area contributed by atoms with Gasteiger partial charge in [0.25, 0.3) is 5.91 Å². The molecule has 35 heavy (non-hydrogen) atoms. The molecular weight excluding hydrogens is 440 g/mol. The van der Waals surface area contributed by atoms with Crippen LogP contribution in [0.3, 0.4) is 0 Å². The van der Waals surface area contributed by atoms with Crippen molar-refractivity contribution in [1.82, 2.24) is 9.88 Å². The molecular formula is C29H34N2O4.